The minimum atomic E-state index is -0.984. The first-order valence-corrected chi connectivity index (χ1v) is 8.69. The number of carbonyl (C=O) groups excluding carboxylic acids is 1. The summed E-state index contributed by atoms with van der Waals surface area (Å²) in [6.07, 6.45) is 8.75. The molecule has 1 amide bonds. The maximum atomic E-state index is 11.9. The Balaban J connectivity index is 0.00000529. The van der Waals surface area contributed by atoms with E-state index in [1.807, 2.05) is 30.3 Å². The molecule has 0 aliphatic heterocycles. The van der Waals surface area contributed by atoms with Crippen LogP contribution in [0.25, 0.3) is 0 Å². The van der Waals surface area contributed by atoms with E-state index in [1.54, 1.807) is 0 Å². The molecule has 0 spiro atoms. The molecule has 0 aromatic heterocycles. The third-order valence-electron chi connectivity index (χ3n) is 3.92. The molecule has 0 saturated carbocycles. The Bertz CT molecular complexity index is 465. The molecule has 1 atom stereocenters. The van der Waals surface area contributed by atoms with E-state index in [4.69, 9.17) is 0 Å². The van der Waals surface area contributed by atoms with Gasteiger partial charge in [0.25, 0.3) is 0 Å². The van der Waals surface area contributed by atoms with E-state index in [0.717, 1.165) is 24.8 Å². The second-order valence-electron chi connectivity index (χ2n) is 6.02. The van der Waals surface area contributed by atoms with Crippen molar-refractivity contribution in [2.24, 2.45) is 0 Å². The first kappa shape index (κ1) is 23.2. The van der Waals surface area contributed by atoms with Crippen molar-refractivity contribution in [3.8, 4) is 0 Å². The van der Waals surface area contributed by atoms with Crippen molar-refractivity contribution in [3.05, 3.63) is 35.9 Å². The van der Waals surface area contributed by atoms with Crippen LogP contribution in [0.3, 0.4) is 0 Å². The largest absolute Gasteiger partial charge is 1.00 e. The second-order valence-corrected chi connectivity index (χ2v) is 6.02. The third-order valence-corrected chi connectivity index (χ3v) is 3.92. The quantitative estimate of drug-likeness (QED) is 0.439. The number of carbonyl (C=O) groups is 2. The molecular weight excluding hydrogens is 313 g/mol. The zero-order valence-corrected chi connectivity index (χ0v) is 17.1. The van der Waals surface area contributed by atoms with Crippen LogP contribution in [0.1, 0.15) is 63.9 Å². The number of nitrogens with one attached hydrogen (secondary N) is 1. The summed E-state index contributed by atoms with van der Waals surface area (Å²) in [6.45, 7) is 2.19. The number of amides is 1. The van der Waals surface area contributed by atoms with Crippen LogP contribution in [0.4, 0.5) is 0 Å². The number of hydrogen-bond acceptors (Lipinski definition) is 2. The summed E-state index contributed by atoms with van der Waals surface area (Å²) < 4.78 is 0. The molecule has 1 aromatic rings. The van der Waals surface area contributed by atoms with E-state index >= 15 is 0 Å². The summed E-state index contributed by atoms with van der Waals surface area (Å²) in [4.78, 5) is 23.2. The van der Waals surface area contributed by atoms with Gasteiger partial charge in [0.05, 0.1) is 0 Å². The maximum absolute atomic E-state index is 11.9. The molecule has 1 aromatic carbocycles. The molecule has 1 unspecified atom stereocenters. The molecule has 0 aliphatic rings. The van der Waals surface area contributed by atoms with Crippen molar-refractivity contribution < 1.29 is 44.3 Å². The van der Waals surface area contributed by atoms with Crippen molar-refractivity contribution in [2.75, 3.05) is 0 Å². The summed E-state index contributed by atoms with van der Waals surface area (Å²) in [5.41, 5.74) is 0.913. The fraction of sp³-hybridized carbons (Fsp3) is 0.579. The summed E-state index contributed by atoms with van der Waals surface area (Å²) in [7, 11) is 0. The molecule has 128 valence electrons. The zero-order chi connectivity index (χ0) is 16.9. The smallest absolute Gasteiger partial charge is 0.480 e. The van der Waals surface area contributed by atoms with Crippen molar-refractivity contribution in [2.45, 2.75) is 70.8 Å². The van der Waals surface area contributed by atoms with E-state index in [1.165, 1.54) is 25.7 Å². The van der Waals surface area contributed by atoms with Gasteiger partial charge in [-0.25, -0.2) is 4.79 Å². The van der Waals surface area contributed by atoms with Crippen LogP contribution in [0, 0.1) is 0 Å². The maximum Gasteiger partial charge on any atom is 1.00 e. The second kappa shape index (κ2) is 14.5. The minimum absolute atomic E-state index is 0. The standard InChI is InChI=1S/C19H29NO3.Na/c1-2-3-4-5-6-7-11-14-18(21)20-17(19(22)23)15-16-12-9-8-10-13-16;/h8-10,12-13,17H,2-7,11,14-15H2,1H3,(H,20,21)(H,22,23);/q;+1. The molecule has 0 heterocycles. The van der Waals surface area contributed by atoms with Crippen LogP contribution in [0.5, 0.6) is 0 Å². The van der Waals surface area contributed by atoms with E-state index in [-0.39, 0.29) is 35.5 Å². The Morgan fingerprint density at radius 2 is 1.58 bits per heavy atom. The average Bonchev–Trinajstić information content (AvgIpc) is 2.54. The van der Waals surface area contributed by atoms with Gasteiger partial charge in [0, 0.05) is 12.8 Å². The number of unbranched alkanes of at least 4 members (excludes halogenated alkanes) is 6. The Labute approximate surface area is 167 Å². The molecule has 4 nitrogen and oxygen atoms in total. The number of hydrogen-bond donors (Lipinski definition) is 2. The van der Waals surface area contributed by atoms with Crippen molar-refractivity contribution in [1.82, 2.24) is 5.32 Å². The van der Waals surface area contributed by atoms with Gasteiger partial charge in [-0.05, 0) is 12.0 Å². The molecule has 0 fully saturated rings. The number of carboxylic acids is 1. The van der Waals surface area contributed by atoms with Crippen molar-refractivity contribution in [3.63, 3.8) is 0 Å². The van der Waals surface area contributed by atoms with Gasteiger partial charge < -0.3 is 10.4 Å². The van der Waals surface area contributed by atoms with Crippen molar-refractivity contribution >= 4 is 11.9 Å². The van der Waals surface area contributed by atoms with Crippen LogP contribution in [0.15, 0.2) is 30.3 Å². The van der Waals surface area contributed by atoms with E-state index in [0.29, 0.717) is 12.8 Å². The van der Waals surface area contributed by atoms with Gasteiger partial charge in [0.2, 0.25) is 5.91 Å². The van der Waals surface area contributed by atoms with E-state index in [9.17, 15) is 14.7 Å². The molecule has 0 bridgehead atoms. The van der Waals surface area contributed by atoms with Crippen LogP contribution in [-0.2, 0) is 16.0 Å². The van der Waals surface area contributed by atoms with Crippen LogP contribution in [-0.4, -0.2) is 23.0 Å². The predicted octanol–water partition coefficient (Wildman–Crippen LogP) is 0.943. The van der Waals surface area contributed by atoms with E-state index < -0.39 is 12.0 Å². The molecule has 0 radical (unpaired) electrons. The topological polar surface area (TPSA) is 66.4 Å². The molecule has 5 heteroatoms. The third kappa shape index (κ3) is 10.8. The van der Waals surface area contributed by atoms with Crippen molar-refractivity contribution in [1.29, 1.82) is 0 Å². The Kier molecular flexibility index (Phi) is 14.0. The SMILES string of the molecule is CCCCCCCCCC(=O)NC(Cc1ccccc1)C(=O)O.[Na+]. The fourth-order valence-electron chi connectivity index (χ4n) is 2.56. The summed E-state index contributed by atoms with van der Waals surface area (Å²) in [5.74, 6) is -1.15. The van der Waals surface area contributed by atoms with Gasteiger partial charge in [-0.3, -0.25) is 4.79 Å². The number of aliphatic carboxylic acids is 1. The molecule has 0 aliphatic carbocycles. The Morgan fingerprint density at radius 3 is 2.17 bits per heavy atom. The fourth-order valence-corrected chi connectivity index (χ4v) is 2.56. The van der Waals surface area contributed by atoms with Gasteiger partial charge in [-0.15, -0.1) is 0 Å². The van der Waals surface area contributed by atoms with Gasteiger partial charge in [0.1, 0.15) is 6.04 Å². The van der Waals surface area contributed by atoms with Crippen LogP contribution in [0.2, 0.25) is 0 Å². The van der Waals surface area contributed by atoms with Gasteiger partial charge in [-0.2, -0.15) is 0 Å². The summed E-state index contributed by atoms with van der Waals surface area (Å²) in [6, 6.07) is 8.52. The summed E-state index contributed by atoms with van der Waals surface area (Å²) in [5, 5.41) is 11.9. The van der Waals surface area contributed by atoms with Gasteiger partial charge in [-0.1, -0.05) is 75.8 Å². The zero-order valence-electron chi connectivity index (χ0n) is 15.1. The van der Waals surface area contributed by atoms with Gasteiger partial charge >= 0.3 is 35.5 Å². The van der Waals surface area contributed by atoms with Gasteiger partial charge in [0.15, 0.2) is 0 Å². The van der Waals surface area contributed by atoms with Crippen LogP contribution < -0.4 is 34.9 Å². The Hall–Kier alpha value is -0.840. The number of rotatable bonds is 12. The molecule has 2 N–H and O–H groups in total. The first-order chi connectivity index (χ1) is 11.1. The average molecular weight is 342 g/mol. The first-order valence-electron chi connectivity index (χ1n) is 8.69. The summed E-state index contributed by atoms with van der Waals surface area (Å²) >= 11 is 0. The minimum Gasteiger partial charge on any atom is -0.480 e. The van der Waals surface area contributed by atoms with E-state index in [2.05, 4.69) is 12.2 Å². The predicted molar refractivity (Wildman–Crippen MR) is 92.3 cm³/mol. The van der Waals surface area contributed by atoms with Crippen LogP contribution >= 0.6 is 0 Å². The molecule has 1 rings (SSSR count). The normalized spacial score (nSPS) is 11.4. The molecular formula is C19H29NNaO3+. The molecule has 24 heavy (non-hydrogen) atoms. The number of benzene rings is 1. The monoisotopic (exact) mass is 342 g/mol. The number of carboxylic acid groups (broad SMARTS) is 1. The molecule has 0 saturated heterocycles. The Morgan fingerprint density at radius 1 is 1.00 bits per heavy atom.